The first-order chi connectivity index (χ1) is 8.20. The van der Waals surface area contributed by atoms with Crippen LogP contribution in [0.15, 0.2) is 23.7 Å². The molecule has 0 aromatic carbocycles. The lowest BCUT2D eigenvalue weighted by Gasteiger charge is -2.04. The second-order valence-electron chi connectivity index (χ2n) is 3.83. The summed E-state index contributed by atoms with van der Waals surface area (Å²) in [7, 11) is 0. The van der Waals surface area contributed by atoms with Gasteiger partial charge in [-0.1, -0.05) is 13.3 Å². The third-order valence-corrected chi connectivity index (χ3v) is 3.41. The lowest BCUT2D eigenvalue weighted by atomic mass is 10.2. The van der Waals surface area contributed by atoms with Crippen molar-refractivity contribution in [2.45, 2.75) is 25.8 Å². The third-order valence-electron chi connectivity index (χ3n) is 2.43. The van der Waals surface area contributed by atoms with Crippen molar-refractivity contribution in [2.75, 3.05) is 0 Å². The molecule has 2 aromatic heterocycles. The van der Waals surface area contributed by atoms with Gasteiger partial charge < -0.3 is 5.73 Å². The third kappa shape index (κ3) is 2.87. The van der Waals surface area contributed by atoms with E-state index < -0.39 is 0 Å². The SMILES string of the molecule is CCCC(N)c1nc(-c2ccc(F)cn2)cs1. The maximum absolute atomic E-state index is 12.7. The standard InChI is InChI=1S/C12H14FN3S/c1-2-3-9(14)12-16-11(7-17-12)10-5-4-8(13)6-15-10/h4-7,9H,2-3,14H2,1H3. The van der Waals surface area contributed by atoms with Gasteiger partial charge in [0.25, 0.3) is 0 Å². The normalized spacial score (nSPS) is 12.6. The Balaban J connectivity index is 2.20. The topological polar surface area (TPSA) is 51.8 Å². The van der Waals surface area contributed by atoms with E-state index in [0.29, 0.717) is 5.69 Å². The fourth-order valence-electron chi connectivity index (χ4n) is 1.54. The van der Waals surface area contributed by atoms with Gasteiger partial charge in [-0.05, 0) is 18.6 Å². The molecule has 1 unspecified atom stereocenters. The van der Waals surface area contributed by atoms with Gasteiger partial charge in [-0.3, -0.25) is 4.98 Å². The lowest BCUT2D eigenvalue weighted by molar-refractivity contribution is 0.621. The van der Waals surface area contributed by atoms with Crippen molar-refractivity contribution in [3.63, 3.8) is 0 Å². The van der Waals surface area contributed by atoms with Crippen LogP contribution in [0.2, 0.25) is 0 Å². The molecule has 1 atom stereocenters. The van der Waals surface area contributed by atoms with Crippen LogP contribution < -0.4 is 5.73 Å². The maximum Gasteiger partial charge on any atom is 0.141 e. The molecule has 0 saturated heterocycles. The number of halogens is 1. The minimum atomic E-state index is -0.341. The van der Waals surface area contributed by atoms with E-state index in [1.807, 2.05) is 5.38 Å². The molecule has 0 fully saturated rings. The van der Waals surface area contributed by atoms with Gasteiger partial charge in [0, 0.05) is 5.38 Å². The highest BCUT2D eigenvalue weighted by molar-refractivity contribution is 7.10. The number of hydrogen-bond acceptors (Lipinski definition) is 4. The fourth-order valence-corrected chi connectivity index (χ4v) is 2.39. The first-order valence-electron chi connectivity index (χ1n) is 5.53. The van der Waals surface area contributed by atoms with Crippen LogP contribution in [0.4, 0.5) is 4.39 Å². The fraction of sp³-hybridized carbons (Fsp3) is 0.333. The number of thiazole rings is 1. The van der Waals surface area contributed by atoms with Crippen molar-refractivity contribution >= 4 is 11.3 Å². The zero-order valence-corrected chi connectivity index (χ0v) is 10.4. The van der Waals surface area contributed by atoms with Gasteiger partial charge in [0.1, 0.15) is 10.8 Å². The maximum atomic E-state index is 12.7. The molecule has 2 heterocycles. The highest BCUT2D eigenvalue weighted by Gasteiger charge is 2.11. The van der Waals surface area contributed by atoms with E-state index in [9.17, 15) is 4.39 Å². The van der Waals surface area contributed by atoms with Gasteiger partial charge in [0.2, 0.25) is 0 Å². The zero-order chi connectivity index (χ0) is 12.3. The smallest absolute Gasteiger partial charge is 0.141 e. The minimum Gasteiger partial charge on any atom is -0.322 e. The van der Waals surface area contributed by atoms with E-state index in [1.54, 1.807) is 6.07 Å². The summed E-state index contributed by atoms with van der Waals surface area (Å²) < 4.78 is 12.7. The second-order valence-corrected chi connectivity index (χ2v) is 4.72. The predicted octanol–water partition coefficient (Wildman–Crippen LogP) is 3.14. The monoisotopic (exact) mass is 251 g/mol. The van der Waals surface area contributed by atoms with E-state index in [-0.39, 0.29) is 11.9 Å². The van der Waals surface area contributed by atoms with Crippen LogP contribution >= 0.6 is 11.3 Å². The summed E-state index contributed by atoms with van der Waals surface area (Å²) in [6.07, 6.45) is 3.15. The lowest BCUT2D eigenvalue weighted by Crippen LogP contribution is -2.09. The quantitative estimate of drug-likeness (QED) is 0.908. The van der Waals surface area contributed by atoms with Gasteiger partial charge in [-0.2, -0.15) is 0 Å². The molecule has 17 heavy (non-hydrogen) atoms. The van der Waals surface area contributed by atoms with Crippen LogP contribution in [0.25, 0.3) is 11.4 Å². The summed E-state index contributed by atoms with van der Waals surface area (Å²) in [5, 5.41) is 2.82. The number of nitrogens with two attached hydrogens (primary N) is 1. The molecule has 2 N–H and O–H groups in total. The Labute approximate surface area is 104 Å². The Kier molecular flexibility index (Phi) is 3.81. The Morgan fingerprint density at radius 3 is 2.88 bits per heavy atom. The van der Waals surface area contributed by atoms with Gasteiger partial charge in [0.15, 0.2) is 0 Å². The second kappa shape index (κ2) is 5.33. The van der Waals surface area contributed by atoms with Crippen molar-refractivity contribution < 1.29 is 4.39 Å². The number of rotatable bonds is 4. The number of nitrogens with zero attached hydrogens (tertiary/aromatic N) is 2. The van der Waals surface area contributed by atoms with E-state index in [4.69, 9.17) is 5.73 Å². The van der Waals surface area contributed by atoms with E-state index >= 15 is 0 Å². The first kappa shape index (κ1) is 12.1. The average Bonchev–Trinajstić information content (AvgIpc) is 2.80. The minimum absolute atomic E-state index is 0.0146. The van der Waals surface area contributed by atoms with Crippen LogP contribution in [-0.2, 0) is 0 Å². The Morgan fingerprint density at radius 2 is 2.24 bits per heavy atom. The van der Waals surface area contributed by atoms with Crippen molar-refractivity contribution in [3.05, 3.63) is 34.5 Å². The Hall–Kier alpha value is -1.33. The summed E-state index contributed by atoms with van der Waals surface area (Å²) in [5.41, 5.74) is 7.43. The van der Waals surface area contributed by atoms with Crippen molar-refractivity contribution in [3.8, 4) is 11.4 Å². The van der Waals surface area contributed by atoms with E-state index in [1.165, 1.54) is 23.6 Å². The van der Waals surface area contributed by atoms with Crippen molar-refractivity contribution in [1.29, 1.82) is 0 Å². The first-order valence-corrected chi connectivity index (χ1v) is 6.41. The molecular formula is C12H14FN3S. The summed E-state index contributed by atoms with van der Waals surface area (Å²) in [5.74, 6) is -0.341. The molecule has 0 radical (unpaired) electrons. The molecule has 0 amide bonds. The number of hydrogen-bond donors (Lipinski definition) is 1. The van der Waals surface area contributed by atoms with Crippen molar-refractivity contribution in [2.24, 2.45) is 5.73 Å². The molecular weight excluding hydrogens is 237 g/mol. The molecule has 2 aromatic rings. The summed E-state index contributed by atoms with van der Waals surface area (Å²) >= 11 is 1.53. The van der Waals surface area contributed by atoms with Crippen LogP contribution in [0, 0.1) is 5.82 Å². The number of aromatic nitrogens is 2. The molecule has 0 aliphatic carbocycles. The van der Waals surface area contributed by atoms with E-state index in [0.717, 1.165) is 23.5 Å². The molecule has 0 aliphatic heterocycles. The summed E-state index contributed by atoms with van der Waals surface area (Å²) in [6.45, 7) is 2.09. The van der Waals surface area contributed by atoms with E-state index in [2.05, 4.69) is 16.9 Å². The van der Waals surface area contributed by atoms with Gasteiger partial charge >= 0.3 is 0 Å². The molecule has 2 rings (SSSR count). The Bertz CT molecular complexity index is 481. The van der Waals surface area contributed by atoms with Crippen molar-refractivity contribution in [1.82, 2.24) is 9.97 Å². The predicted molar refractivity (Wildman–Crippen MR) is 67.1 cm³/mol. The number of pyridine rings is 1. The van der Waals surface area contributed by atoms with Crippen LogP contribution in [0.3, 0.4) is 0 Å². The van der Waals surface area contributed by atoms with Crippen LogP contribution in [0.1, 0.15) is 30.8 Å². The molecule has 0 spiro atoms. The van der Waals surface area contributed by atoms with Crippen LogP contribution in [-0.4, -0.2) is 9.97 Å². The zero-order valence-electron chi connectivity index (χ0n) is 9.56. The highest BCUT2D eigenvalue weighted by Crippen LogP contribution is 2.25. The molecule has 3 nitrogen and oxygen atoms in total. The van der Waals surface area contributed by atoms with Gasteiger partial charge in [-0.25, -0.2) is 9.37 Å². The highest BCUT2D eigenvalue weighted by atomic mass is 32.1. The van der Waals surface area contributed by atoms with Gasteiger partial charge in [-0.15, -0.1) is 11.3 Å². The van der Waals surface area contributed by atoms with Gasteiger partial charge in [0.05, 0.1) is 23.6 Å². The largest absolute Gasteiger partial charge is 0.322 e. The molecule has 5 heteroatoms. The van der Waals surface area contributed by atoms with Crippen LogP contribution in [0.5, 0.6) is 0 Å². The molecule has 90 valence electrons. The molecule has 0 aliphatic rings. The summed E-state index contributed by atoms with van der Waals surface area (Å²) in [6, 6.07) is 2.99. The molecule has 0 bridgehead atoms. The Morgan fingerprint density at radius 1 is 1.41 bits per heavy atom. The summed E-state index contributed by atoms with van der Waals surface area (Å²) in [4.78, 5) is 8.43. The average molecular weight is 251 g/mol. The molecule has 0 saturated carbocycles.